The Bertz CT molecular complexity index is 1700. The standard InChI is InChI=1S/C28H24ClFN2O7S2/c1-4-38-22-11-10-20(15-23(22)37-3)32(2)41(35,36)24-16-25(29)40-26(24)27(33)31-19-13-17(12-18(30)14-19)28(34)39-21-8-6-5-7-9-21/h5-16H,4H2,1-3H3,(H,31,33). The number of benzene rings is 3. The smallest absolute Gasteiger partial charge is 0.343 e. The van der Waals surface area contributed by atoms with Gasteiger partial charge in [0.1, 0.15) is 21.3 Å². The van der Waals surface area contributed by atoms with Crippen LogP contribution in [0.3, 0.4) is 0 Å². The van der Waals surface area contributed by atoms with E-state index in [0.29, 0.717) is 18.1 Å². The summed E-state index contributed by atoms with van der Waals surface area (Å²) in [4.78, 5) is 25.2. The minimum absolute atomic E-state index is 0.0396. The molecule has 1 N–H and O–H groups in total. The van der Waals surface area contributed by atoms with Crippen molar-refractivity contribution in [2.24, 2.45) is 0 Å². The summed E-state index contributed by atoms with van der Waals surface area (Å²) >= 11 is 6.87. The maximum Gasteiger partial charge on any atom is 0.343 e. The average Bonchev–Trinajstić information content (AvgIpc) is 3.36. The number of methoxy groups -OCH3 is 1. The third-order valence-electron chi connectivity index (χ3n) is 5.67. The molecule has 0 spiro atoms. The zero-order valence-corrected chi connectivity index (χ0v) is 24.4. The fourth-order valence-corrected chi connectivity index (χ4v) is 6.61. The first-order valence-corrected chi connectivity index (χ1v) is 14.6. The topological polar surface area (TPSA) is 111 Å². The highest BCUT2D eigenvalue weighted by atomic mass is 35.5. The van der Waals surface area contributed by atoms with Gasteiger partial charge in [0.2, 0.25) is 0 Å². The molecule has 214 valence electrons. The summed E-state index contributed by atoms with van der Waals surface area (Å²) in [7, 11) is -1.56. The lowest BCUT2D eigenvalue weighted by atomic mass is 10.2. The molecule has 0 unspecified atom stereocenters. The Morgan fingerprint density at radius 2 is 1.76 bits per heavy atom. The summed E-state index contributed by atoms with van der Waals surface area (Å²) < 4.78 is 58.6. The monoisotopic (exact) mass is 618 g/mol. The number of esters is 1. The summed E-state index contributed by atoms with van der Waals surface area (Å²) in [5, 5.41) is 2.45. The number of rotatable bonds is 10. The molecule has 0 aliphatic heterocycles. The van der Waals surface area contributed by atoms with E-state index < -0.39 is 27.7 Å². The largest absolute Gasteiger partial charge is 0.493 e. The van der Waals surface area contributed by atoms with Gasteiger partial charge in [0.05, 0.1) is 29.3 Å². The van der Waals surface area contributed by atoms with Gasteiger partial charge < -0.3 is 19.5 Å². The van der Waals surface area contributed by atoms with E-state index in [1.807, 2.05) is 0 Å². The summed E-state index contributed by atoms with van der Waals surface area (Å²) in [5.74, 6) is -1.52. The highest BCUT2D eigenvalue weighted by molar-refractivity contribution is 7.93. The van der Waals surface area contributed by atoms with E-state index in [-0.39, 0.29) is 36.8 Å². The normalized spacial score (nSPS) is 11.0. The maximum atomic E-state index is 14.4. The number of thiophene rings is 1. The van der Waals surface area contributed by atoms with Crippen LogP contribution in [0.15, 0.2) is 77.7 Å². The quantitative estimate of drug-likeness (QED) is 0.165. The Morgan fingerprint density at radius 1 is 1.02 bits per heavy atom. The van der Waals surface area contributed by atoms with Crippen molar-refractivity contribution in [3.63, 3.8) is 0 Å². The molecule has 0 fully saturated rings. The van der Waals surface area contributed by atoms with Crippen LogP contribution in [0.25, 0.3) is 0 Å². The van der Waals surface area contributed by atoms with E-state index in [2.05, 4.69) is 5.32 Å². The van der Waals surface area contributed by atoms with Crippen molar-refractivity contribution in [1.29, 1.82) is 0 Å². The number of carbonyl (C=O) groups is 2. The third kappa shape index (κ3) is 6.79. The van der Waals surface area contributed by atoms with Crippen molar-refractivity contribution in [2.45, 2.75) is 11.8 Å². The molecular weight excluding hydrogens is 595 g/mol. The van der Waals surface area contributed by atoms with Crippen molar-refractivity contribution in [3.05, 3.63) is 93.4 Å². The lowest BCUT2D eigenvalue weighted by molar-refractivity contribution is 0.0734. The maximum absolute atomic E-state index is 14.4. The van der Waals surface area contributed by atoms with Crippen LogP contribution in [0.5, 0.6) is 17.2 Å². The van der Waals surface area contributed by atoms with E-state index in [1.54, 1.807) is 43.3 Å². The van der Waals surface area contributed by atoms with Gasteiger partial charge in [-0.3, -0.25) is 9.10 Å². The number of carbonyl (C=O) groups excluding carboxylic acids is 2. The molecule has 0 aliphatic rings. The summed E-state index contributed by atoms with van der Waals surface area (Å²) in [6.45, 7) is 2.19. The Kier molecular flexibility index (Phi) is 9.16. The zero-order chi connectivity index (χ0) is 29.7. The predicted octanol–water partition coefficient (Wildman–Crippen LogP) is 6.24. The van der Waals surface area contributed by atoms with Crippen LogP contribution in [0, 0.1) is 5.82 Å². The molecule has 1 heterocycles. The van der Waals surface area contributed by atoms with Gasteiger partial charge in [0.15, 0.2) is 11.5 Å². The lowest BCUT2D eigenvalue weighted by Crippen LogP contribution is -2.28. The number of nitrogens with zero attached hydrogens (tertiary/aromatic N) is 1. The number of hydrogen-bond acceptors (Lipinski definition) is 8. The first kappa shape index (κ1) is 29.8. The van der Waals surface area contributed by atoms with Crippen molar-refractivity contribution in [1.82, 2.24) is 0 Å². The van der Waals surface area contributed by atoms with Crippen LogP contribution >= 0.6 is 22.9 Å². The number of anilines is 2. The van der Waals surface area contributed by atoms with E-state index in [4.69, 9.17) is 25.8 Å². The fourth-order valence-electron chi connectivity index (χ4n) is 3.73. The molecule has 41 heavy (non-hydrogen) atoms. The first-order chi connectivity index (χ1) is 19.5. The molecule has 4 aromatic rings. The molecular formula is C28H24ClFN2O7S2. The summed E-state index contributed by atoms with van der Waals surface area (Å²) in [6, 6.07) is 17.1. The molecule has 3 aromatic carbocycles. The first-order valence-electron chi connectivity index (χ1n) is 12.0. The van der Waals surface area contributed by atoms with E-state index >= 15 is 0 Å². The zero-order valence-electron chi connectivity index (χ0n) is 22.0. The second-order valence-electron chi connectivity index (χ2n) is 8.37. The fraction of sp³-hybridized carbons (Fsp3) is 0.143. The van der Waals surface area contributed by atoms with Crippen molar-refractivity contribution in [3.8, 4) is 17.2 Å². The summed E-state index contributed by atoms with van der Waals surface area (Å²) in [5.41, 5.74) is -0.0106. The Labute approximate surface area is 245 Å². The Balaban J connectivity index is 1.60. The minimum Gasteiger partial charge on any atom is -0.493 e. The molecule has 0 radical (unpaired) electrons. The van der Waals surface area contributed by atoms with Crippen LogP contribution in [0.1, 0.15) is 27.0 Å². The average molecular weight is 619 g/mol. The molecule has 9 nitrogen and oxygen atoms in total. The molecule has 0 aliphatic carbocycles. The second kappa shape index (κ2) is 12.6. The molecule has 13 heteroatoms. The number of para-hydroxylation sites is 1. The van der Waals surface area contributed by atoms with Crippen LogP contribution in [0.2, 0.25) is 4.34 Å². The van der Waals surface area contributed by atoms with Gasteiger partial charge in [-0.25, -0.2) is 17.6 Å². The number of nitrogens with one attached hydrogen (secondary N) is 1. The highest BCUT2D eigenvalue weighted by Gasteiger charge is 2.30. The van der Waals surface area contributed by atoms with E-state index in [9.17, 15) is 22.4 Å². The van der Waals surface area contributed by atoms with Crippen LogP contribution in [0.4, 0.5) is 15.8 Å². The Morgan fingerprint density at radius 3 is 2.44 bits per heavy atom. The highest BCUT2D eigenvalue weighted by Crippen LogP contribution is 2.37. The van der Waals surface area contributed by atoms with Crippen molar-refractivity contribution < 1.29 is 36.6 Å². The number of hydrogen-bond donors (Lipinski definition) is 1. The summed E-state index contributed by atoms with van der Waals surface area (Å²) in [6.07, 6.45) is 0. The van der Waals surface area contributed by atoms with Crippen LogP contribution in [-0.2, 0) is 10.0 Å². The van der Waals surface area contributed by atoms with Crippen LogP contribution < -0.4 is 23.8 Å². The van der Waals surface area contributed by atoms with Gasteiger partial charge >= 0.3 is 5.97 Å². The van der Waals surface area contributed by atoms with Crippen molar-refractivity contribution >= 4 is 56.2 Å². The van der Waals surface area contributed by atoms with Crippen LogP contribution in [-0.4, -0.2) is 41.1 Å². The molecule has 1 aromatic heterocycles. The van der Waals surface area contributed by atoms with E-state index in [1.165, 1.54) is 32.4 Å². The number of halogens is 2. The second-order valence-corrected chi connectivity index (χ2v) is 12.0. The van der Waals surface area contributed by atoms with Gasteiger partial charge in [-0.15, -0.1) is 11.3 Å². The number of sulfonamides is 1. The van der Waals surface area contributed by atoms with Crippen molar-refractivity contribution in [2.75, 3.05) is 30.4 Å². The molecule has 4 rings (SSSR count). The third-order valence-corrected chi connectivity index (χ3v) is 8.87. The van der Waals surface area contributed by atoms with Gasteiger partial charge in [-0.05, 0) is 55.5 Å². The lowest BCUT2D eigenvalue weighted by Gasteiger charge is -2.21. The molecule has 0 atom stereocenters. The molecule has 0 saturated heterocycles. The number of amides is 1. The number of ether oxygens (including phenoxy) is 3. The predicted molar refractivity (Wildman–Crippen MR) is 155 cm³/mol. The van der Waals surface area contributed by atoms with Gasteiger partial charge in [-0.2, -0.15) is 0 Å². The molecule has 0 saturated carbocycles. The molecule has 1 amide bonds. The molecule has 0 bridgehead atoms. The van der Waals surface area contributed by atoms with Gasteiger partial charge in [0, 0.05) is 18.8 Å². The SMILES string of the molecule is CCOc1ccc(N(C)S(=O)(=O)c2cc(Cl)sc2C(=O)Nc2cc(F)cc(C(=O)Oc3ccccc3)c2)cc1OC. The van der Waals surface area contributed by atoms with E-state index in [0.717, 1.165) is 33.8 Å². The van der Waals surface area contributed by atoms with Gasteiger partial charge in [-0.1, -0.05) is 29.8 Å². The Hall–Kier alpha value is -4.13. The van der Waals surface area contributed by atoms with Gasteiger partial charge in [0.25, 0.3) is 15.9 Å². The minimum atomic E-state index is -4.30.